The summed E-state index contributed by atoms with van der Waals surface area (Å²) in [6.45, 7) is 9.21. The van der Waals surface area contributed by atoms with Crippen molar-refractivity contribution in [3.05, 3.63) is 77.5 Å². The Morgan fingerprint density at radius 1 is 1.06 bits per heavy atom. The molecule has 0 saturated carbocycles. The number of aryl methyl sites for hydroxylation is 2. The highest BCUT2D eigenvalue weighted by Crippen LogP contribution is 2.28. The third-order valence-electron chi connectivity index (χ3n) is 6.32. The molecular formula is C26H32FN3O4S. The molecule has 4 rings (SSSR count). The van der Waals surface area contributed by atoms with Crippen molar-refractivity contribution < 1.29 is 22.0 Å². The fourth-order valence-corrected chi connectivity index (χ4v) is 5.75. The lowest BCUT2D eigenvalue weighted by molar-refractivity contribution is 0.166. The summed E-state index contributed by atoms with van der Waals surface area (Å²) in [4.78, 5) is 4.64. The Kier molecular flexibility index (Phi) is 7.78. The highest BCUT2D eigenvalue weighted by atomic mass is 32.2. The zero-order valence-electron chi connectivity index (χ0n) is 20.3. The van der Waals surface area contributed by atoms with E-state index in [9.17, 15) is 12.8 Å². The minimum absolute atomic E-state index is 0.178. The molecule has 0 bridgehead atoms. The average molecular weight is 502 g/mol. The fraction of sp³-hybridized carbons (Fsp3) is 0.385. The second-order valence-electron chi connectivity index (χ2n) is 8.70. The Bertz CT molecular complexity index is 1200. The molecule has 2 heterocycles. The first-order valence-electron chi connectivity index (χ1n) is 11.8. The van der Waals surface area contributed by atoms with Crippen LogP contribution in [0.5, 0.6) is 5.75 Å². The number of hydrogen-bond donors (Lipinski definition) is 1. The number of nitrogens with zero attached hydrogens (tertiary/aromatic N) is 2. The van der Waals surface area contributed by atoms with Crippen LogP contribution >= 0.6 is 0 Å². The zero-order chi connectivity index (χ0) is 25.0. The first-order valence-corrected chi connectivity index (χ1v) is 13.3. The third-order valence-corrected chi connectivity index (χ3v) is 7.72. The van der Waals surface area contributed by atoms with Crippen LogP contribution in [0, 0.1) is 19.7 Å². The second-order valence-corrected chi connectivity index (χ2v) is 10.5. The molecule has 1 aliphatic heterocycles. The molecule has 0 aliphatic carbocycles. The molecule has 1 atom stereocenters. The summed E-state index contributed by atoms with van der Waals surface area (Å²) in [5.41, 5.74) is 2.54. The molecule has 0 radical (unpaired) electrons. The lowest BCUT2D eigenvalue weighted by Crippen LogP contribution is -2.49. The molecule has 1 saturated heterocycles. The maximum atomic E-state index is 13.3. The molecule has 1 aromatic heterocycles. The molecular weight excluding hydrogens is 469 g/mol. The van der Waals surface area contributed by atoms with Gasteiger partial charge in [0.05, 0.1) is 23.8 Å². The summed E-state index contributed by atoms with van der Waals surface area (Å²) in [5, 5.41) is 0. The largest absolute Gasteiger partial charge is 0.493 e. The normalized spacial score (nSPS) is 15.8. The number of benzene rings is 2. The number of hydrogen-bond acceptors (Lipinski definition) is 6. The van der Waals surface area contributed by atoms with Crippen LogP contribution < -0.4 is 14.4 Å². The molecule has 0 spiro atoms. The van der Waals surface area contributed by atoms with Gasteiger partial charge in [-0.05, 0) is 80.4 Å². The van der Waals surface area contributed by atoms with E-state index in [1.54, 1.807) is 30.5 Å². The SMILES string of the molecule is CCOc1c(C)cc(S(=O)(=O)NCC(c2ccco2)N2CCN(c3ccc(F)cc3)CC2)cc1C. The lowest BCUT2D eigenvalue weighted by atomic mass is 10.1. The Labute approximate surface area is 206 Å². The number of ether oxygens (including phenoxy) is 1. The van der Waals surface area contributed by atoms with E-state index >= 15 is 0 Å². The van der Waals surface area contributed by atoms with Crippen LogP contribution in [0.2, 0.25) is 0 Å². The molecule has 1 unspecified atom stereocenters. The van der Waals surface area contributed by atoms with E-state index < -0.39 is 10.0 Å². The van der Waals surface area contributed by atoms with Crippen LogP contribution in [0.4, 0.5) is 10.1 Å². The summed E-state index contributed by atoms with van der Waals surface area (Å²) < 4.78 is 53.8. The number of anilines is 1. The number of furan rings is 1. The van der Waals surface area contributed by atoms with Crippen molar-refractivity contribution in [1.29, 1.82) is 0 Å². The van der Waals surface area contributed by atoms with E-state index in [1.807, 2.05) is 32.9 Å². The van der Waals surface area contributed by atoms with Crippen molar-refractivity contribution in [3.8, 4) is 5.75 Å². The maximum Gasteiger partial charge on any atom is 0.240 e. The van der Waals surface area contributed by atoms with Crippen LogP contribution in [0.25, 0.3) is 0 Å². The summed E-state index contributed by atoms with van der Waals surface area (Å²) >= 11 is 0. The van der Waals surface area contributed by atoms with Crippen LogP contribution in [0.3, 0.4) is 0 Å². The Hall–Kier alpha value is -2.88. The molecule has 1 fully saturated rings. The van der Waals surface area contributed by atoms with Crippen molar-refractivity contribution in [2.45, 2.75) is 31.7 Å². The molecule has 2 aromatic carbocycles. The second kappa shape index (κ2) is 10.8. The average Bonchev–Trinajstić information content (AvgIpc) is 3.37. The number of nitrogens with one attached hydrogen (secondary N) is 1. The molecule has 0 amide bonds. The Morgan fingerprint density at radius 2 is 1.71 bits per heavy atom. The topological polar surface area (TPSA) is 75.0 Å². The van der Waals surface area contributed by atoms with Crippen molar-refractivity contribution in [2.75, 3.05) is 44.2 Å². The van der Waals surface area contributed by atoms with E-state index in [-0.39, 0.29) is 23.3 Å². The minimum atomic E-state index is -3.74. The first-order chi connectivity index (χ1) is 16.8. The van der Waals surface area contributed by atoms with E-state index in [4.69, 9.17) is 9.15 Å². The number of sulfonamides is 1. The van der Waals surface area contributed by atoms with Gasteiger partial charge in [-0.25, -0.2) is 17.5 Å². The predicted octanol–water partition coefficient (Wildman–Crippen LogP) is 4.28. The molecule has 188 valence electrons. The fourth-order valence-electron chi connectivity index (χ4n) is 4.54. The van der Waals surface area contributed by atoms with Gasteiger partial charge in [0, 0.05) is 38.4 Å². The highest BCUT2D eigenvalue weighted by Gasteiger charge is 2.29. The van der Waals surface area contributed by atoms with Gasteiger partial charge in [-0.1, -0.05) is 0 Å². The summed E-state index contributed by atoms with van der Waals surface area (Å²) in [6, 6.07) is 13.2. The number of halogens is 1. The van der Waals surface area contributed by atoms with Crippen LogP contribution in [-0.4, -0.2) is 52.6 Å². The van der Waals surface area contributed by atoms with Crippen molar-refractivity contribution >= 4 is 15.7 Å². The number of piperazine rings is 1. The van der Waals surface area contributed by atoms with Gasteiger partial charge in [0.15, 0.2) is 0 Å². The molecule has 1 aliphatic rings. The van der Waals surface area contributed by atoms with Crippen molar-refractivity contribution in [2.24, 2.45) is 0 Å². The van der Waals surface area contributed by atoms with Crippen molar-refractivity contribution in [3.63, 3.8) is 0 Å². The first kappa shape index (κ1) is 25.2. The molecule has 1 N–H and O–H groups in total. The maximum absolute atomic E-state index is 13.3. The summed E-state index contributed by atoms with van der Waals surface area (Å²) in [6.07, 6.45) is 1.60. The molecule has 3 aromatic rings. The van der Waals surface area contributed by atoms with Gasteiger partial charge in [-0.15, -0.1) is 0 Å². The van der Waals surface area contributed by atoms with E-state index in [0.717, 1.165) is 35.7 Å². The van der Waals surface area contributed by atoms with Crippen LogP contribution in [0.15, 0.2) is 64.1 Å². The number of rotatable bonds is 9. The van der Waals surface area contributed by atoms with Gasteiger partial charge in [-0.3, -0.25) is 4.90 Å². The smallest absolute Gasteiger partial charge is 0.240 e. The van der Waals surface area contributed by atoms with Crippen LogP contribution in [0.1, 0.15) is 29.9 Å². The third kappa shape index (κ3) is 5.86. The van der Waals surface area contributed by atoms with Gasteiger partial charge in [0.1, 0.15) is 17.3 Å². The molecule has 9 heteroatoms. The standard InChI is InChI=1S/C26H32FN3O4S/c1-4-33-26-19(2)16-23(17-20(26)3)35(31,32)28-18-24(25-6-5-15-34-25)30-13-11-29(12-14-30)22-9-7-21(27)8-10-22/h5-10,15-17,24,28H,4,11-14,18H2,1-3H3. The quantitative estimate of drug-likeness (QED) is 0.472. The Balaban J connectivity index is 1.47. The monoisotopic (exact) mass is 501 g/mol. The van der Waals surface area contributed by atoms with Crippen molar-refractivity contribution in [1.82, 2.24) is 9.62 Å². The van der Waals surface area contributed by atoms with Gasteiger partial charge >= 0.3 is 0 Å². The highest BCUT2D eigenvalue weighted by molar-refractivity contribution is 7.89. The van der Waals surface area contributed by atoms with E-state index in [2.05, 4.69) is 14.5 Å². The Morgan fingerprint density at radius 3 is 2.29 bits per heavy atom. The van der Waals surface area contributed by atoms with Crippen LogP contribution in [-0.2, 0) is 10.0 Å². The molecule has 35 heavy (non-hydrogen) atoms. The van der Waals surface area contributed by atoms with Gasteiger partial charge < -0.3 is 14.1 Å². The van der Waals surface area contributed by atoms with Gasteiger partial charge in [0.2, 0.25) is 10.0 Å². The summed E-state index contributed by atoms with van der Waals surface area (Å²) in [5.74, 6) is 1.18. The minimum Gasteiger partial charge on any atom is -0.493 e. The van der Waals surface area contributed by atoms with Gasteiger partial charge in [0.25, 0.3) is 0 Å². The zero-order valence-corrected chi connectivity index (χ0v) is 21.1. The molecule has 7 nitrogen and oxygen atoms in total. The van der Waals surface area contributed by atoms with Gasteiger partial charge in [-0.2, -0.15) is 0 Å². The lowest BCUT2D eigenvalue weighted by Gasteiger charge is -2.39. The predicted molar refractivity (Wildman–Crippen MR) is 134 cm³/mol. The van der Waals surface area contributed by atoms with E-state index in [0.29, 0.717) is 25.5 Å². The summed E-state index contributed by atoms with van der Waals surface area (Å²) in [7, 11) is -3.74. The van der Waals surface area contributed by atoms with E-state index in [1.165, 1.54) is 12.1 Å².